The van der Waals surface area contributed by atoms with Crippen molar-refractivity contribution >= 4 is 28.4 Å². The van der Waals surface area contributed by atoms with Gasteiger partial charge < -0.3 is 19.5 Å². The second-order valence-corrected chi connectivity index (χ2v) is 5.81. The number of methoxy groups -OCH3 is 3. The lowest BCUT2D eigenvalue weighted by molar-refractivity contribution is -0.111. The van der Waals surface area contributed by atoms with Gasteiger partial charge in [-0.25, -0.2) is 0 Å². The number of benzene rings is 3. The van der Waals surface area contributed by atoms with Crippen LogP contribution in [-0.4, -0.2) is 27.2 Å². The number of hydrogen-bond donors (Lipinski definition) is 1. The summed E-state index contributed by atoms with van der Waals surface area (Å²) >= 11 is 0. The molecule has 0 radical (unpaired) electrons. The Morgan fingerprint density at radius 2 is 1.56 bits per heavy atom. The number of hydrogen-bond acceptors (Lipinski definition) is 4. The van der Waals surface area contributed by atoms with E-state index in [9.17, 15) is 4.79 Å². The Labute approximate surface area is 158 Å². The van der Waals surface area contributed by atoms with Gasteiger partial charge in [0.2, 0.25) is 11.7 Å². The van der Waals surface area contributed by atoms with E-state index < -0.39 is 0 Å². The van der Waals surface area contributed by atoms with E-state index in [1.807, 2.05) is 42.5 Å². The number of carbonyl (C=O) groups is 1. The lowest BCUT2D eigenvalue weighted by Gasteiger charge is -2.12. The molecule has 3 aromatic rings. The lowest BCUT2D eigenvalue weighted by Crippen LogP contribution is -2.08. The van der Waals surface area contributed by atoms with Gasteiger partial charge in [0.25, 0.3) is 0 Å². The molecule has 1 amide bonds. The second-order valence-electron chi connectivity index (χ2n) is 5.81. The van der Waals surface area contributed by atoms with Crippen molar-refractivity contribution < 1.29 is 19.0 Å². The van der Waals surface area contributed by atoms with Crippen molar-refractivity contribution in [3.8, 4) is 17.2 Å². The number of rotatable bonds is 6. The smallest absolute Gasteiger partial charge is 0.248 e. The topological polar surface area (TPSA) is 56.8 Å². The number of amides is 1. The molecule has 0 atom stereocenters. The number of anilines is 1. The normalized spacial score (nSPS) is 10.8. The molecule has 138 valence electrons. The van der Waals surface area contributed by atoms with Crippen LogP contribution in [0, 0.1) is 0 Å². The van der Waals surface area contributed by atoms with Crippen LogP contribution in [0.2, 0.25) is 0 Å². The van der Waals surface area contributed by atoms with Crippen LogP contribution in [0.1, 0.15) is 5.56 Å². The molecule has 5 heteroatoms. The molecule has 0 spiro atoms. The molecule has 0 saturated heterocycles. The first kappa shape index (κ1) is 18.3. The van der Waals surface area contributed by atoms with Crippen LogP contribution in [-0.2, 0) is 4.79 Å². The fourth-order valence-corrected chi connectivity index (χ4v) is 2.88. The number of ether oxygens (including phenoxy) is 3. The third-order valence-corrected chi connectivity index (χ3v) is 4.16. The van der Waals surface area contributed by atoms with Crippen LogP contribution in [0.4, 0.5) is 5.69 Å². The minimum Gasteiger partial charge on any atom is -0.493 e. The van der Waals surface area contributed by atoms with Gasteiger partial charge >= 0.3 is 0 Å². The zero-order valence-corrected chi connectivity index (χ0v) is 15.5. The molecule has 27 heavy (non-hydrogen) atoms. The fraction of sp³-hybridized carbons (Fsp3) is 0.136. The first-order valence-electron chi connectivity index (χ1n) is 8.43. The SMILES string of the molecule is COc1cc(/C=C/C(=O)Nc2cccc3ccccc23)cc(OC)c1OC. The Bertz CT molecular complexity index is 964. The quantitative estimate of drug-likeness (QED) is 0.654. The third-order valence-electron chi connectivity index (χ3n) is 4.16. The molecule has 0 heterocycles. The number of fused-ring (bicyclic) bond motifs is 1. The van der Waals surface area contributed by atoms with Crippen molar-refractivity contribution in [2.45, 2.75) is 0 Å². The van der Waals surface area contributed by atoms with E-state index in [-0.39, 0.29) is 5.91 Å². The molecule has 1 N–H and O–H groups in total. The second kappa shape index (κ2) is 8.27. The molecule has 0 unspecified atom stereocenters. The molecule has 0 aliphatic rings. The zero-order chi connectivity index (χ0) is 19.2. The molecule has 0 aromatic heterocycles. The van der Waals surface area contributed by atoms with Gasteiger partial charge in [-0.1, -0.05) is 36.4 Å². The highest BCUT2D eigenvalue weighted by atomic mass is 16.5. The van der Waals surface area contributed by atoms with Crippen molar-refractivity contribution in [1.29, 1.82) is 0 Å². The summed E-state index contributed by atoms with van der Waals surface area (Å²) in [6.07, 6.45) is 3.17. The third kappa shape index (κ3) is 4.03. The first-order chi connectivity index (χ1) is 13.2. The highest BCUT2D eigenvalue weighted by Crippen LogP contribution is 2.38. The average molecular weight is 363 g/mol. The molecule has 0 fully saturated rings. The van der Waals surface area contributed by atoms with Gasteiger partial charge in [0, 0.05) is 17.1 Å². The molecule has 0 saturated carbocycles. The van der Waals surface area contributed by atoms with Crippen molar-refractivity contribution in [3.63, 3.8) is 0 Å². The fourth-order valence-electron chi connectivity index (χ4n) is 2.88. The van der Waals surface area contributed by atoms with Crippen molar-refractivity contribution in [1.82, 2.24) is 0 Å². The Hall–Kier alpha value is -3.47. The van der Waals surface area contributed by atoms with E-state index >= 15 is 0 Å². The minimum absolute atomic E-state index is 0.222. The average Bonchev–Trinajstić information content (AvgIpc) is 2.71. The maximum Gasteiger partial charge on any atom is 0.248 e. The van der Waals surface area contributed by atoms with Crippen molar-refractivity contribution in [2.24, 2.45) is 0 Å². The standard InChI is InChI=1S/C22H21NO4/c1-25-19-13-15(14-20(26-2)22(19)27-3)11-12-21(24)23-18-10-6-8-16-7-4-5-9-17(16)18/h4-14H,1-3H3,(H,23,24)/b12-11+. The van der Waals surface area contributed by atoms with Gasteiger partial charge in [0.1, 0.15) is 0 Å². The molecular formula is C22H21NO4. The van der Waals surface area contributed by atoms with Crippen molar-refractivity contribution in [2.75, 3.05) is 26.6 Å². The van der Waals surface area contributed by atoms with Gasteiger partial charge in [0.05, 0.1) is 21.3 Å². The zero-order valence-electron chi connectivity index (χ0n) is 15.5. The highest BCUT2D eigenvalue weighted by Gasteiger charge is 2.12. The van der Waals surface area contributed by atoms with Crippen LogP contribution < -0.4 is 19.5 Å². The van der Waals surface area contributed by atoms with Crippen molar-refractivity contribution in [3.05, 3.63) is 66.2 Å². The van der Waals surface area contributed by atoms with Crippen LogP contribution in [0.3, 0.4) is 0 Å². The highest BCUT2D eigenvalue weighted by molar-refractivity contribution is 6.07. The van der Waals surface area contributed by atoms with Crippen LogP contribution in [0.5, 0.6) is 17.2 Å². The van der Waals surface area contributed by atoms with E-state index in [1.165, 1.54) is 6.08 Å². The summed E-state index contributed by atoms with van der Waals surface area (Å²) in [6.45, 7) is 0. The largest absolute Gasteiger partial charge is 0.493 e. The monoisotopic (exact) mass is 363 g/mol. The van der Waals surface area contributed by atoms with E-state index in [4.69, 9.17) is 14.2 Å². The minimum atomic E-state index is -0.222. The van der Waals surface area contributed by atoms with E-state index in [0.29, 0.717) is 17.2 Å². The predicted molar refractivity (Wildman–Crippen MR) is 108 cm³/mol. The summed E-state index contributed by atoms with van der Waals surface area (Å²) in [6, 6.07) is 17.3. The van der Waals surface area contributed by atoms with Gasteiger partial charge in [-0.2, -0.15) is 0 Å². The Kier molecular flexibility index (Phi) is 5.61. The summed E-state index contributed by atoms with van der Waals surface area (Å²) < 4.78 is 16.0. The van der Waals surface area contributed by atoms with E-state index in [2.05, 4.69) is 5.32 Å². The Morgan fingerprint density at radius 3 is 2.22 bits per heavy atom. The summed E-state index contributed by atoms with van der Waals surface area (Å²) in [7, 11) is 4.66. The van der Waals surface area contributed by atoms with Crippen LogP contribution >= 0.6 is 0 Å². The molecule has 3 aromatic carbocycles. The van der Waals surface area contributed by atoms with Gasteiger partial charge in [0.15, 0.2) is 11.5 Å². The van der Waals surface area contributed by atoms with Gasteiger partial charge in [-0.15, -0.1) is 0 Å². The van der Waals surface area contributed by atoms with Crippen LogP contribution in [0.15, 0.2) is 60.7 Å². The molecule has 0 aliphatic carbocycles. The van der Waals surface area contributed by atoms with E-state index in [0.717, 1.165) is 22.0 Å². The van der Waals surface area contributed by atoms with Gasteiger partial charge in [-0.05, 0) is 35.2 Å². The summed E-state index contributed by atoms with van der Waals surface area (Å²) in [5.41, 5.74) is 1.53. The molecule has 5 nitrogen and oxygen atoms in total. The summed E-state index contributed by atoms with van der Waals surface area (Å²) in [5.74, 6) is 1.36. The molecule has 0 bridgehead atoms. The predicted octanol–water partition coefficient (Wildman–Crippen LogP) is 4.52. The number of nitrogens with one attached hydrogen (secondary N) is 1. The number of carbonyl (C=O) groups excluding carboxylic acids is 1. The van der Waals surface area contributed by atoms with Gasteiger partial charge in [-0.3, -0.25) is 4.79 Å². The Morgan fingerprint density at radius 1 is 0.889 bits per heavy atom. The molecule has 3 rings (SSSR count). The molecule has 0 aliphatic heterocycles. The Balaban J connectivity index is 1.82. The summed E-state index contributed by atoms with van der Waals surface area (Å²) in [5, 5.41) is 4.99. The lowest BCUT2D eigenvalue weighted by atomic mass is 10.1. The van der Waals surface area contributed by atoms with E-state index in [1.54, 1.807) is 39.5 Å². The molecular weight excluding hydrogens is 342 g/mol. The van der Waals surface area contributed by atoms with Crippen LogP contribution in [0.25, 0.3) is 16.8 Å². The first-order valence-corrected chi connectivity index (χ1v) is 8.43. The maximum atomic E-state index is 12.4. The maximum absolute atomic E-state index is 12.4. The summed E-state index contributed by atoms with van der Waals surface area (Å²) in [4.78, 5) is 12.4.